The Labute approximate surface area is 189 Å². The fourth-order valence-electron chi connectivity index (χ4n) is 6.92. The normalized spacial score (nSPS) is 28.8. The van der Waals surface area contributed by atoms with Gasteiger partial charge in [0.1, 0.15) is 0 Å². The number of hydrogen-bond acceptors (Lipinski definition) is 4. The number of amides is 1. The zero-order chi connectivity index (χ0) is 21.6. The van der Waals surface area contributed by atoms with E-state index < -0.39 is 0 Å². The van der Waals surface area contributed by atoms with Gasteiger partial charge in [0.2, 0.25) is 5.91 Å². The predicted octanol–water partition coefficient (Wildman–Crippen LogP) is 5.08. The molecule has 1 amide bonds. The molecule has 0 spiro atoms. The van der Waals surface area contributed by atoms with Crippen LogP contribution >= 0.6 is 11.8 Å². The van der Waals surface area contributed by atoms with E-state index in [-0.39, 0.29) is 11.3 Å². The summed E-state index contributed by atoms with van der Waals surface area (Å²) < 4.78 is 2.18. The molecule has 6 heteroatoms. The Morgan fingerprint density at radius 2 is 1.81 bits per heavy atom. The van der Waals surface area contributed by atoms with Crippen molar-refractivity contribution in [2.45, 2.75) is 77.4 Å². The van der Waals surface area contributed by atoms with Gasteiger partial charge in [-0.05, 0) is 86.5 Å². The maximum atomic E-state index is 13.5. The highest BCUT2D eigenvalue weighted by atomic mass is 32.2. The van der Waals surface area contributed by atoms with E-state index in [2.05, 4.69) is 59.1 Å². The molecule has 0 radical (unpaired) electrons. The number of nitrogens with zero attached hydrogens (tertiary/aromatic N) is 3. The Hall–Kier alpha value is -1.82. The molecule has 1 aromatic heterocycles. The summed E-state index contributed by atoms with van der Waals surface area (Å²) >= 11 is 1.70. The first-order valence-electron chi connectivity index (χ1n) is 12.0. The average Bonchev–Trinajstić information content (AvgIpc) is 3.13. The number of para-hydroxylation sites is 1. The van der Waals surface area contributed by atoms with Crippen LogP contribution in [0.25, 0.3) is 5.69 Å². The lowest BCUT2D eigenvalue weighted by Gasteiger charge is -2.55. The highest BCUT2D eigenvalue weighted by molar-refractivity contribution is 7.99. The van der Waals surface area contributed by atoms with E-state index in [1.807, 2.05) is 0 Å². The molecule has 4 aliphatic carbocycles. The summed E-state index contributed by atoms with van der Waals surface area (Å²) in [5.74, 6) is 4.33. The minimum Gasteiger partial charge on any atom is -0.348 e. The number of hydrogen-bond donors (Lipinski definition) is 1. The lowest BCUT2D eigenvalue weighted by Crippen LogP contribution is -2.53. The SMILES string of the molecule is CCSc1nnc(CNC(=O)C23CC4CC(CC(C4)C2)C3)n1-c1c(C)cccc1CC. The molecule has 0 saturated heterocycles. The van der Waals surface area contributed by atoms with E-state index in [0.717, 1.165) is 60.2 Å². The van der Waals surface area contributed by atoms with Gasteiger partial charge >= 0.3 is 0 Å². The van der Waals surface area contributed by atoms with E-state index in [1.54, 1.807) is 11.8 Å². The van der Waals surface area contributed by atoms with E-state index in [9.17, 15) is 4.79 Å². The molecule has 6 rings (SSSR count). The van der Waals surface area contributed by atoms with Crippen LogP contribution in [0.15, 0.2) is 23.4 Å². The van der Waals surface area contributed by atoms with Gasteiger partial charge in [0.05, 0.1) is 12.2 Å². The maximum Gasteiger partial charge on any atom is 0.226 e. The Balaban J connectivity index is 1.41. The number of carbonyl (C=O) groups is 1. The molecule has 0 atom stereocenters. The highest BCUT2D eigenvalue weighted by Gasteiger charge is 2.54. The summed E-state index contributed by atoms with van der Waals surface area (Å²) in [5, 5.41) is 13.2. The van der Waals surface area contributed by atoms with E-state index >= 15 is 0 Å². The summed E-state index contributed by atoms with van der Waals surface area (Å²) in [4.78, 5) is 13.5. The molecule has 1 N–H and O–H groups in total. The lowest BCUT2D eigenvalue weighted by atomic mass is 9.49. The summed E-state index contributed by atoms with van der Waals surface area (Å²) in [7, 11) is 0. The van der Waals surface area contributed by atoms with Crippen molar-refractivity contribution < 1.29 is 4.79 Å². The summed E-state index contributed by atoms with van der Waals surface area (Å²) in [5.41, 5.74) is 3.54. The number of benzene rings is 1. The van der Waals surface area contributed by atoms with Crippen molar-refractivity contribution in [1.29, 1.82) is 0 Å². The summed E-state index contributed by atoms with van der Waals surface area (Å²) in [6.07, 6.45) is 8.28. The molecule has 4 bridgehead atoms. The molecule has 31 heavy (non-hydrogen) atoms. The largest absolute Gasteiger partial charge is 0.348 e. The zero-order valence-electron chi connectivity index (χ0n) is 19.0. The highest BCUT2D eigenvalue weighted by Crippen LogP contribution is 2.60. The number of thioether (sulfide) groups is 1. The van der Waals surface area contributed by atoms with Crippen LogP contribution in [-0.4, -0.2) is 26.4 Å². The first kappa shape index (κ1) is 21.0. The minimum atomic E-state index is -0.127. The van der Waals surface area contributed by atoms with Crippen LogP contribution in [0.1, 0.15) is 69.3 Å². The van der Waals surface area contributed by atoms with Gasteiger partial charge < -0.3 is 5.32 Å². The summed E-state index contributed by atoms with van der Waals surface area (Å²) in [6, 6.07) is 6.44. The zero-order valence-corrected chi connectivity index (χ0v) is 19.8. The molecular weight excluding hydrogens is 404 g/mol. The van der Waals surface area contributed by atoms with Crippen LogP contribution in [0.3, 0.4) is 0 Å². The van der Waals surface area contributed by atoms with E-state index in [4.69, 9.17) is 0 Å². The fraction of sp³-hybridized carbons (Fsp3) is 0.640. The number of aryl methyl sites for hydroxylation is 2. The van der Waals surface area contributed by atoms with Gasteiger partial charge in [-0.1, -0.05) is 43.8 Å². The minimum absolute atomic E-state index is 0.127. The van der Waals surface area contributed by atoms with Crippen LogP contribution in [0, 0.1) is 30.1 Å². The fourth-order valence-corrected chi connectivity index (χ4v) is 7.61. The van der Waals surface area contributed by atoms with Crippen LogP contribution < -0.4 is 5.32 Å². The van der Waals surface area contributed by atoms with Crippen molar-refractivity contribution in [2.75, 3.05) is 5.75 Å². The molecule has 0 unspecified atom stereocenters. The van der Waals surface area contributed by atoms with Crippen LogP contribution in [0.2, 0.25) is 0 Å². The molecule has 4 aliphatic rings. The Bertz CT molecular complexity index is 947. The Morgan fingerprint density at radius 1 is 1.13 bits per heavy atom. The second-order valence-corrected chi connectivity index (χ2v) is 11.2. The lowest BCUT2D eigenvalue weighted by molar-refractivity contribution is -0.146. The third-order valence-electron chi connectivity index (χ3n) is 7.83. The smallest absolute Gasteiger partial charge is 0.226 e. The Morgan fingerprint density at radius 3 is 2.42 bits per heavy atom. The van der Waals surface area contributed by atoms with E-state index in [0.29, 0.717) is 6.54 Å². The molecule has 5 nitrogen and oxygen atoms in total. The van der Waals surface area contributed by atoms with Crippen molar-refractivity contribution >= 4 is 17.7 Å². The molecule has 4 fully saturated rings. The van der Waals surface area contributed by atoms with Crippen molar-refractivity contribution in [3.05, 3.63) is 35.2 Å². The van der Waals surface area contributed by atoms with Crippen molar-refractivity contribution in [3.8, 4) is 5.69 Å². The van der Waals surface area contributed by atoms with Gasteiger partial charge in [0, 0.05) is 5.41 Å². The van der Waals surface area contributed by atoms with Crippen LogP contribution in [-0.2, 0) is 17.8 Å². The third-order valence-corrected chi connectivity index (χ3v) is 8.64. The van der Waals surface area contributed by atoms with Gasteiger partial charge in [-0.25, -0.2) is 0 Å². The molecule has 1 aromatic carbocycles. The topological polar surface area (TPSA) is 59.8 Å². The average molecular weight is 439 g/mol. The Kier molecular flexibility index (Phi) is 5.61. The molecule has 1 heterocycles. The van der Waals surface area contributed by atoms with Crippen LogP contribution in [0.5, 0.6) is 0 Å². The number of carbonyl (C=O) groups excluding carboxylic acids is 1. The number of rotatable bonds is 7. The van der Waals surface area contributed by atoms with Gasteiger partial charge in [0.15, 0.2) is 11.0 Å². The molecular formula is C25H34N4OS. The second kappa shape index (κ2) is 8.27. The van der Waals surface area contributed by atoms with Gasteiger partial charge in [0.25, 0.3) is 0 Å². The van der Waals surface area contributed by atoms with Crippen molar-refractivity contribution in [2.24, 2.45) is 23.2 Å². The molecule has 166 valence electrons. The van der Waals surface area contributed by atoms with Crippen molar-refractivity contribution in [3.63, 3.8) is 0 Å². The number of nitrogens with one attached hydrogen (secondary N) is 1. The first-order valence-corrected chi connectivity index (χ1v) is 13.0. The summed E-state index contributed by atoms with van der Waals surface area (Å²) in [6.45, 7) is 6.91. The number of aromatic nitrogens is 3. The van der Waals surface area contributed by atoms with E-state index in [1.165, 1.54) is 36.1 Å². The molecule has 4 saturated carbocycles. The molecule has 0 aliphatic heterocycles. The maximum absolute atomic E-state index is 13.5. The standard InChI is InChI=1S/C25H34N4OS/c1-4-20-8-6-7-16(3)22(20)29-21(27-28-24(29)31-5-2)15-26-23(30)25-12-17-9-18(13-25)11-19(10-17)14-25/h6-8,17-19H,4-5,9-15H2,1-3H3,(H,26,30). The third kappa shape index (κ3) is 3.71. The predicted molar refractivity (Wildman–Crippen MR) is 124 cm³/mol. The van der Waals surface area contributed by atoms with Gasteiger partial charge in [-0.3, -0.25) is 9.36 Å². The van der Waals surface area contributed by atoms with Crippen molar-refractivity contribution in [1.82, 2.24) is 20.1 Å². The van der Waals surface area contributed by atoms with Crippen LogP contribution in [0.4, 0.5) is 0 Å². The van der Waals surface area contributed by atoms with Gasteiger partial charge in [-0.2, -0.15) is 0 Å². The second-order valence-electron chi connectivity index (χ2n) is 9.98. The van der Waals surface area contributed by atoms with Gasteiger partial charge in [-0.15, -0.1) is 10.2 Å². The first-order chi connectivity index (χ1) is 15.0. The monoisotopic (exact) mass is 438 g/mol. The molecule has 2 aromatic rings. The quantitative estimate of drug-likeness (QED) is 0.612.